The Labute approximate surface area is 178 Å². The minimum atomic E-state index is -4.42. The topological polar surface area (TPSA) is 0 Å². The van der Waals surface area contributed by atoms with Gasteiger partial charge in [-0.25, -0.2) is 4.39 Å². The summed E-state index contributed by atoms with van der Waals surface area (Å²) in [5, 5.41) is 0. The van der Waals surface area contributed by atoms with Gasteiger partial charge >= 0.3 is 6.18 Å². The first kappa shape index (κ1) is 23.1. The van der Waals surface area contributed by atoms with E-state index in [-0.39, 0.29) is 11.6 Å². The van der Waals surface area contributed by atoms with Gasteiger partial charge in [0, 0.05) is 11.6 Å². The lowest BCUT2D eigenvalue weighted by Crippen LogP contribution is -2.25. The molecule has 0 nitrogen and oxygen atoms in total. The summed E-state index contributed by atoms with van der Waals surface area (Å²) < 4.78 is 51.2. The van der Waals surface area contributed by atoms with Gasteiger partial charge in [0.05, 0.1) is 0 Å². The minimum absolute atomic E-state index is 0.00375. The van der Waals surface area contributed by atoms with E-state index in [0.717, 1.165) is 42.2 Å². The SMILES string of the molecule is CC=CCCC1CCC(C2CCC(c3ccc(C=CC(F)(F)F)c(F)c3)CC2)CC1. The number of hydrogen-bond donors (Lipinski definition) is 0. The highest BCUT2D eigenvalue weighted by molar-refractivity contribution is 5.51. The van der Waals surface area contributed by atoms with Gasteiger partial charge in [-0.3, -0.25) is 0 Å². The third kappa shape index (κ3) is 6.72. The smallest absolute Gasteiger partial charge is 0.206 e. The third-order valence-electron chi connectivity index (χ3n) is 7.25. The summed E-state index contributed by atoms with van der Waals surface area (Å²) in [4.78, 5) is 0. The first-order valence-electron chi connectivity index (χ1n) is 11.5. The second-order valence-electron chi connectivity index (χ2n) is 9.19. The van der Waals surface area contributed by atoms with Crippen LogP contribution in [0.2, 0.25) is 0 Å². The van der Waals surface area contributed by atoms with Gasteiger partial charge in [-0.2, -0.15) is 13.2 Å². The molecule has 0 radical (unpaired) electrons. The van der Waals surface area contributed by atoms with Gasteiger partial charge in [0.25, 0.3) is 0 Å². The molecule has 166 valence electrons. The van der Waals surface area contributed by atoms with Crippen molar-refractivity contribution in [3.8, 4) is 0 Å². The first-order valence-corrected chi connectivity index (χ1v) is 11.5. The molecule has 0 aliphatic heterocycles. The summed E-state index contributed by atoms with van der Waals surface area (Å²) in [5.41, 5.74) is 0.929. The molecule has 0 aromatic heterocycles. The molecule has 30 heavy (non-hydrogen) atoms. The fraction of sp³-hybridized carbons (Fsp3) is 0.615. The number of alkyl halides is 3. The molecule has 2 saturated carbocycles. The van der Waals surface area contributed by atoms with Gasteiger partial charge < -0.3 is 0 Å². The van der Waals surface area contributed by atoms with E-state index in [4.69, 9.17) is 0 Å². The van der Waals surface area contributed by atoms with Gasteiger partial charge in [-0.05, 0) is 99.7 Å². The van der Waals surface area contributed by atoms with Gasteiger partial charge in [0.2, 0.25) is 0 Å². The van der Waals surface area contributed by atoms with Crippen LogP contribution in [0.5, 0.6) is 0 Å². The second kappa shape index (κ2) is 10.6. The maximum absolute atomic E-state index is 14.3. The van der Waals surface area contributed by atoms with Gasteiger partial charge in [0.1, 0.15) is 5.82 Å². The van der Waals surface area contributed by atoms with Crippen molar-refractivity contribution in [1.82, 2.24) is 0 Å². The molecule has 0 amide bonds. The highest BCUT2D eigenvalue weighted by Crippen LogP contribution is 2.44. The van der Waals surface area contributed by atoms with Crippen LogP contribution in [0, 0.1) is 23.6 Å². The molecule has 1 aromatic rings. The van der Waals surface area contributed by atoms with Crippen molar-refractivity contribution in [3.63, 3.8) is 0 Å². The predicted molar refractivity (Wildman–Crippen MR) is 116 cm³/mol. The van der Waals surface area contributed by atoms with Gasteiger partial charge in [0.15, 0.2) is 0 Å². The Morgan fingerprint density at radius 1 is 0.933 bits per heavy atom. The first-order chi connectivity index (χ1) is 14.4. The van der Waals surface area contributed by atoms with Crippen molar-refractivity contribution in [2.75, 3.05) is 0 Å². The average molecular weight is 423 g/mol. The molecule has 0 unspecified atom stereocenters. The Hall–Kier alpha value is -1.58. The molecule has 3 rings (SSSR count). The van der Waals surface area contributed by atoms with Crippen molar-refractivity contribution in [1.29, 1.82) is 0 Å². The van der Waals surface area contributed by atoms with Crippen LogP contribution < -0.4 is 0 Å². The van der Waals surface area contributed by atoms with E-state index < -0.39 is 12.0 Å². The minimum Gasteiger partial charge on any atom is -0.206 e. The molecule has 2 fully saturated rings. The largest absolute Gasteiger partial charge is 0.409 e. The van der Waals surface area contributed by atoms with Gasteiger partial charge in [-0.1, -0.05) is 37.1 Å². The molecule has 1 aromatic carbocycles. The summed E-state index contributed by atoms with van der Waals surface area (Å²) in [7, 11) is 0. The molecule has 2 aliphatic carbocycles. The average Bonchev–Trinajstić information content (AvgIpc) is 2.73. The Morgan fingerprint density at radius 2 is 1.57 bits per heavy atom. The van der Waals surface area contributed by atoms with E-state index in [0.29, 0.717) is 5.92 Å². The summed E-state index contributed by atoms with van der Waals surface area (Å²) in [5.74, 6) is 2.29. The highest BCUT2D eigenvalue weighted by atomic mass is 19.4. The van der Waals surface area contributed by atoms with Crippen LogP contribution in [0.4, 0.5) is 17.6 Å². The lowest BCUT2D eigenvalue weighted by atomic mass is 9.68. The molecule has 0 atom stereocenters. The third-order valence-corrected chi connectivity index (χ3v) is 7.25. The molecule has 0 bridgehead atoms. The number of rotatable bonds is 6. The Bertz CT molecular complexity index is 715. The molecular weight excluding hydrogens is 388 g/mol. The molecule has 2 aliphatic rings. The highest BCUT2D eigenvalue weighted by Gasteiger charge is 2.31. The zero-order valence-electron chi connectivity index (χ0n) is 17.9. The maximum atomic E-state index is 14.3. The fourth-order valence-electron chi connectivity index (χ4n) is 5.49. The van der Waals surface area contributed by atoms with Crippen LogP contribution >= 0.6 is 0 Å². The monoisotopic (exact) mass is 422 g/mol. The molecule has 0 heterocycles. The normalized spacial score (nSPS) is 28.4. The zero-order chi connectivity index (χ0) is 21.6. The van der Waals surface area contributed by atoms with E-state index >= 15 is 0 Å². The number of hydrogen-bond acceptors (Lipinski definition) is 0. The van der Waals surface area contributed by atoms with E-state index in [1.165, 1.54) is 63.5 Å². The van der Waals surface area contributed by atoms with Crippen LogP contribution in [0.3, 0.4) is 0 Å². The van der Waals surface area contributed by atoms with E-state index in [9.17, 15) is 17.6 Å². The standard InChI is InChI=1S/C26H34F4/c1-2-3-4-5-19-6-8-20(9-7-19)21-10-12-22(13-11-21)24-15-14-23(25(27)18-24)16-17-26(28,29)30/h2-3,14-22H,4-13H2,1H3. The summed E-state index contributed by atoms with van der Waals surface area (Å²) in [6.07, 6.45) is 13.3. The van der Waals surface area contributed by atoms with Gasteiger partial charge in [-0.15, -0.1) is 0 Å². The predicted octanol–water partition coefficient (Wildman–Crippen LogP) is 8.84. The molecule has 0 spiro atoms. The van der Waals surface area contributed by atoms with E-state index in [1.54, 1.807) is 6.07 Å². The van der Waals surface area contributed by atoms with Crippen molar-refractivity contribution < 1.29 is 17.6 Å². The Balaban J connectivity index is 1.48. The van der Waals surface area contributed by atoms with Crippen LogP contribution in [0.25, 0.3) is 6.08 Å². The van der Waals surface area contributed by atoms with E-state index in [1.807, 2.05) is 0 Å². The Kier molecular flexibility index (Phi) is 8.19. The van der Waals surface area contributed by atoms with Crippen LogP contribution in [-0.2, 0) is 0 Å². The van der Waals surface area contributed by atoms with E-state index in [2.05, 4.69) is 19.1 Å². The number of halogens is 4. The molecule has 4 heteroatoms. The maximum Gasteiger partial charge on any atom is 0.409 e. The molecular formula is C26H34F4. The summed E-state index contributed by atoms with van der Waals surface area (Å²) >= 11 is 0. The van der Waals surface area contributed by atoms with Crippen molar-refractivity contribution in [2.45, 2.75) is 83.2 Å². The van der Waals surface area contributed by atoms with Crippen molar-refractivity contribution in [2.24, 2.45) is 17.8 Å². The van der Waals surface area contributed by atoms with Crippen LogP contribution in [0.1, 0.15) is 88.2 Å². The van der Waals surface area contributed by atoms with Crippen molar-refractivity contribution >= 4 is 6.08 Å². The number of benzene rings is 1. The number of allylic oxidation sites excluding steroid dienone is 3. The van der Waals surface area contributed by atoms with Crippen LogP contribution in [-0.4, -0.2) is 6.18 Å². The fourth-order valence-corrected chi connectivity index (χ4v) is 5.49. The Morgan fingerprint density at radius 3 is 2.13 bits per heavy atom. The van der Waals surface area contributed by atoms with Crippen molar-refractivity contribution in [3.05, 3.63) is 53.4 Å². The zero-order valence-corrected chi connectivity index (χ0v) is 17.9. The summed E-state index contributed by atoms with van der Waals surface area (Å²) in [6, 6.07) is 4.73. The second-order valence-corrected chi connectivity index (χ2v) is 9.19. The lowest BCUT2D eigenvalue weighted by Gasteiger charge is -2.38. The molecule has 0 saturated heterocycles. The van der Waals surface area contributed by atoms with Crippen LogP contribution in [0.15, 0.2) is 36.4 Å². The summed E-state index contributed by atoms with van der Waals surface area (Å²) in [6.45, 7) is 2.08. The molecule has 0 N–H and O–H groups in total. The lowest BCUT2D eigenvalue weighted by molar-refractivity contribution is -0.0790. The quantitative estimate of drug-likeness (QED) is 0.317.